The van der Waals surface area contributed by atoms with Crippen LogP contribution in [0.1, 0.15) is 36.7 Å². The molecule has 2 atom stereocenters. The van der Waals surface area contributed by atoms with Crippen molar-refractivity contribution in [2.75, 3.05) is 0 Å². The van der Waals surface area contributed by atoms with Crippen molar-refractivity contribution in [1.29, 1.82) is 0 Å². The zero-order valence-corrected chi connectivity index (χ0v) is 16.8. The second-order valence-electron chi connectivity index (χ2n) is 7.28. The summed E-state index contributed by atoms with van der Waals surface area (Å²) in [5.41, 5.74) is 6.39. The summed E-state index contributed by atoms with van der Waals surface area (Å²) in [5.74, 6) is -2.83. The van der Waals surface area contributed by atoms with Crippen LogP contribution in [0.25, 0.3) is 11.3 Å². The van der Waals surface area contributed by atoms with Crippen LogP contribution in [0.5, 0.6) is 0 Å². The molecule has 0 fully saturated rings. The Labute approximate surface area is 177 Å². The van der Waals surface area contributed by atoms with Crippen LogP contribution in [-0.4, -0.2) is 33.4 Å². The Kier molecular flexibility index (Phi) is 6.74. The average Bonchev–Trinajstić information content (AvgIpc) is 3.21. The lowest BCUT2D eigenvalue weighted by atomic mass is 9.87. The van der Waals surface area contributed by atoms with Gasteiger partial charge in [0.15, 0.2) is 0 Å². The number of ketones is 1. The zero-order valence-electron chi connectivity index (χ0n) is 16.8. The van der Waals surface area contributed by atoms with E-state index in [9.17, 15) is 23.2 Å². The van der Waals surface area contributed by atoms with Crippen LogP contribution in [0.2, 0.25) is 0 Å². The van der Waals surface area contributed by atoms with Crippen molar-refractivity contribution in [3.63, 3.8) is 0 Å². The molecule has 1 heterocycles. The van der Waals surface area contributed by atoms with Crippen LogP contribution in [-0.2, 0) is 9.59 Å². The van der Waals surface area contributed by atoms with E-state index in [4.69, 9.17) is 5.73 Å². The maximum Gasteiger partial charge on any atom is 0.333 e. The van der Waals surface area contributed by atoms with Gasteiger partial charge in [0, 0.05) is 11.8 Å². The van der Waals surface area contributed by atoms with Crippen molar-refractivity contribution < 1.29 is 23.2 Å². The van der Waals surface area contributed by atoms with Crippen molar-refractivity contribution >= 4 is 17.6 Å². The molecule has 1 aliphatic rings. The topological polar surface area (TPSA) is 107 Å². The van der Waals surface area contributed by atoms with Crippen LogP contribution in [0, 0.1) is 5.92 Å². The summed E-state index contributed by atoms with van der Waals surface area (Å²) in [6.45, 7) is -0.990. The van der Waals surface area contributed by atoms with Gasteiger partial charge in [0.05, 0.1) is 5.56 Å². The molecule has 162 valence electrons. The van der Waals surface area contributed by atoms with Crippen LogP contribution >= 0.6 is 0 Å². The van der Waals surface area contributed by atoms with Crippen molar-refractivity contribution in [1.82, 2.24) is 15.1 Å². The minimum absolute atomic E-state index is 0.0388. The summed E-state index contributed by atoms with van der Waals surface area (Å²) in [6.07, 6.45) is 7.40. The predicted octanol–water partition coefficient (Wildman–Crippen LogP) is 3.01. The molecule has 2 aromatic rings. The summed E-state index contributed by atoms with van der Waals surface area (Å²) in [6, 6.07) is 7.14. The molecule has 0 saturated carbocycles. The molecule has 0 bridgehead atoms. The largest absolute Gasteiger partial charge is 0.363 e. The van der Waals surface area contributed by atoms with Crippen LogP contribution in [0.4, 0.5) is 8.78 Å². The van der Waals surface area contributed by atoms with Gasteiger partial charge < -0.3 is 11.1 Å². The van der Waals surface area contributed by atoms with Gasteiger partial charge in [-0.1, -0.05) is 61.1 Å². The second kappa shape index (κ2) is 9.46. The number of nitrogens with one attached hydrogen (secondary N) is 1. The van der Waals surface area contributed by atoms with E-state index in [0.29, 0.717) is 10.2 Å². The zero-order chi connectivity index (χ0) is 22.5. The number of hydrogen-bond acceptors (Lipinski definition) is 4. The third-order valence-electron chi connectivity index (χ3n) is 5.10. The molecule has 0 aliphatic heterocycles. The quantitative estimate of drug-likeness (QED) is 0.630. The van der Waals surface area contributed by atoms with E-state index in [1.54, 1.807) is 30.3 Å². The highest BCUT2D eigenvalue weighted by molar-refractivity contribution is 6.38. The smallest absolute Gasteiger partial charge is 0.333 e. The van der Waals surface area contributed by atoms with Gasteiger partial charge in [0.1, 0.15) is 11.7 Å². The Balaban J connectivity index is 1.92. The summed E-state index contributed by atoms with van der Waals surface area (Å²) in [4.78, 5) is 36.9. The monoisotopic (exact) mass is 428 g/mol. The lowest BCUT2D eigenvalue weighted by Crippen LogP contribution is -2.46. The minimum Gasteiger partial charge on any atom is -0.363 e. The molecule has 9 heteroatoms. The number of nitrogens with zero attached hydrogens (tertiary/aromatic N) is 2. The molecule has 0 saturated heterocycles. The molecule has 1 aliphatic carbocycles. The summed E-state index contributed by atoms with van der Waals surface area (Å²) >= 11 is 0. The number of primary amides is 1. The number of carbonyl (C=O) groups excluding carboxylic acids is 3. The number of benzene rings is 1. The summed E-state index contributed by atoms with van der Waals surface area (Å²) < 4.78 is 26.8. The first-order chi connectivity index (χ1) is 14.8. The first-order valence-electron chi connectivity index (χ1n) is 9.70. The fourth-order valence-corrected chi connectivity index (χ4v) is 3.38. The van der Waals surface area contributed by atoms with Crippen LogP contribution in [0.15, 0.2) is 60.3 Å². The molecule has 31 heavy (non-hydrogen) atoms. The van der Waals surface area contributed by atoms with Gasteiger partial charge in [-0.25, -0.2) is 4.68 Å². The Morgan fingerprint density at radius 3 is 2.58 bits per heavy atom. The molecule has 2 unspecified atom stereocenters. The lowest BCUT2D eigenvalue weighted by Gasteiger charge is -2.22. The number of hydrogen-bond donors (Lipinski definition) is 2. The number of halogens is 2. The Bertz CT molecular complexity index is 1040. The van der Waals surface area contributed by atoms with Gasteiger partial charge in [0.2, 0.25) is 5.78 Å². The minimum atomic E-state index is -2.95. The number of carbonyl (C=O) groups is 3. The third-order valence-corrected chi connectivity index (χ3v) is 5.10. The van der Waals surface area contributed by atoms with Crippen molar-refractivity contribution in [2.24, 2.45) is 11.7 Å². The summed E-state index contributed by atoms with van der Waals surface area (Å²) in [5, 5.41) is 6.32. The highest BCUT2D eigenvalue weighted by Gasteiger charge is 2.30. The van der Waals surface area contributed by atoms with Gasteiger partial charge in [0.25, 0.3) is 11.8 Å². The highest BCUT2D eigenvalue weighted by Crippen LogP contribution is 2.26. The van der Waals surface area contributed by atoms with Crippen LogP contribution < -0.4 is 11.1 Å². The number of alkyl halides is 2. The standard InChI is InChI=1S/C22H22F2N4O3/c1-13-7-5-6-10-15(13)11-17(19(29)20(25)30)26-21(31)16-12-28(22(23)24)27-18(16)14-8-3-2-4-9-14/h2-6,8-10,12-13,17,22H,7,11H2,1H3,(H2,25,30)(H,26,31). The third kappa shape index (κ3) is 5.11. The maximum atomic E-state index is 13.2. The first-order valence-corrected chi connectivity index (χ1v) is 9.70. The fourth-order valence-electron chi connectivity index (χ4n) is 3.38. The van der Waals surface area contributed by atoms with Gasteiger partial charge in [-0.15, -0.1) is 0 Å². The van der Waals surface area contributed by atoms with E-state index in [1.807, 2.05) is 25.2 Å². The molecule has 0 spiro atoms. The number of allylic oxidation sites excluding steroid dienone is 3. The van der Waals surface area contributed by atoms with E-state index in [-0.39, 0.29) is 23.6 Å². The fraction of sp³-hybridized carbons (Fsp3) is 0.273. The number of nitrogens with two attached hydrogens (primary N) is 1. The normalized spacial score (nSPS) is 16.6. The SMILES string of the molecule is CC1CC=CC=C1CC(NC(=O)c1cn(C(F)F)nc1-c1ccccc1)C(=O)C(N)=O. The van der Waals surface area contributed by atoms with E-state index >= 15 is 0 Å². The molecular formula is C22H22F2N4O3. The average molecular weight is 428 g/mol. The Morgan fingerprint density at radius 1 is 1.26 bits per heavy atom. The molecule has 2 amide bonds. The van der Waals surface area contributed by atoms with E-state index < -0.39 is 30.2 Å². The number of Topliss-reactive ketones (excluding diaryl/α,β-unsaturated/α-hetero) is 1. The van der Waals surface area contributed by atoms with E-state index in [2.05, 4.69) is 10.4 Å². The molecule has 0 radical (unpaired) electrons. The van der Waals surface area contributed by atoms with Gasteiger partial charge in [-0.3, -0.25) is 14.4 Å². The number of amides is 2. The predicted molar refractivity (Wildman–Crippen MR) is 110 cm³/mol. The van der Waals surface area contributed by atoms with Gasteiger partial charge in [-0.05, 0) is 18.8 Å². The lowest BCUT2D eigenvalue weighted by molar-refractivity contribution is -0.137. The molecule has 3 N–H and O–H groups in total. The number of rotatable bonds is 8. The van der Waals surface area contributed by atoms with Crippen molar-refractivity contribution in [3.8, 4) is 11.3 Å². The highest BCUT2D eigenvalue weighted by atomic mass is 19.3. The Morgan fingerprint density at radius 2 is 1.97 bits per heavy atom. The molecule has 7 nitrogen and oxygen atoms in total. The van der Waals surface area contributed by atoms with E-state index in [0.717, 1.165) is 18.2 Å². The molecule has 1 aromatic carbocycles. The van der Waals surface area contributed by atoms with Gasteiger partial charge in [-0.2, -0.15) is 13.9 Å². The first kappa shape index (κ1) is 22.1. The van der Waals surface area contributed by atoms with Crippen molar-refractivity contribution in [3.05, 3.63) is 65.9 Å². The van der Waals surface area contributed by atoms with E-state index in [1.165, 1.54) is 0 Å². The molecule has 3 rings (SSSR count). The second-order valence-corrected chi connectivity index (χ2v) is 7.28. The summed E-state index contributed by atoms with van der Waals surface area (Å²) in [7, 11) is 0. The molecule has 1 aromatic heterocycles. The van der Waals surface area contributed by atoms with Crippen molar-refractivity contribution in [2.45, 2.75) is 32.4 Å². The van der Waals surface area contributed by atoms with Crippen LogP contribution in [0.3, 0.4) is 0 Å². The Hall–Kier alpha value is -3.62. The number of aromatic nitrogens is 2. The molecular weight excluding hydrogens is 406 g/mol. The van der Waals surface area contributed by atoms with Gasteiger partial charge >= 0.3 is 6.55 Å². The maximum absolute atomic E-state index is 13.2.